The smallest absolute Gasteiger partial charge is 0.0549 e. The van der Waals surface area contributed by atoms with Crippen LogP contribution in [0.15, 0.2) is 218 Å². The highest BCUT2D eigenvalue weighted by molar-refractivity contribution is 6.38. The minimum absolute atomic E-state index is 1.12. The lowest BCUT2D eigenvalue weighted by Crippen LogP contribution is -2.12. The summed E-state index contributed by atoms with van der Waals surface area (Å²) in [5, 5.41) is 10.2. The molecule has 11 rings (SSSR count). The van der Waals surface area contributed by atoms with Gasteiger partial charge in [-0.3, -0.25) is 0 Å². The van der Waals surface area contributed by atoms with E-state index in [0.717, 1.165) is 28.4 Å². The Balaban J connectivity index is 1.20. The highest BCUT2D eigenvalue weighted by atomic mass is 15.1. The predicted molar refractivity (Wildman–Crippen MR) is 257 cm³/mol. The monoisotopic (exact) mass is 766 g/mol. The van der Waals surface area contributed by atoms with Crippen LogP contribution in [0, 0.1) is 13.8 Å². The second-order valence-electron chi connectivity index (χ2n) is 15.8. The van der Waals surface area contributed by atoms with E-state index in [4.69, 9.17) is 0 Å². The first kappa shape index (κ1) is 35.5. The van der Waals surface area contributed by atoms with Crippen molar-refractivity contribution in [3.8, 4) is 22.3 Å². The minimum Gasteiger partial charge on any atom is -0.310 e. The van der Waals surface area contributed by atoms with Crippen molar-refractivity contribution < 1.29 is 0 Å². The van der Waals surface area contributed by atoms with Gasteiger partial charge in [0.15, 0.2) is 0 Å². The largest absolute Gasteiger partial charge is 0.310 e. The Hall–Kier alpha value is -7.68. The summed E-state index contributed by atoms with van der Waals surface area (Å²) < 4.78 is 0. The highest BCUT2D eigenvalue weighted by Gasteiger charge is 2.26. The molecule has 0 aromatic heterocycles. The van der Waals surface area contributed by atoms with Gasteiger partial charge < -0.3 is 9.80 Å². The first-order valence-corrected chi connectivity index (χ1v) is 20.8. The highest BCUT2D eigenvalue weighted by Crippen LogP contribution is 2.52. The normalized spacial score (nSPS) is 11.5. The molecule has 0 saturated heterocycles. The standard InChI is InChI=1S/C58H42N2/c1-39-37-54(60(46-23-13-6-14-24-46)48-33-29-44(30-34-48)42-19-9-4-10-20-42)56-51-26-16-15-25-50(51)55-40(2)38-53(52-36-35-49(39)57(56)58(52)55)59(45-21-11-5-12-22-45)47-31-27-43(28-32-47)41-17-7-3-8-18-41/h3-38H,1-2H3. The quantitative estimate of drug-likeness (QED) is 0.112. The van der Waals surface area contributed by atoms with E-state index in [-0.39, 0.29) is 0 Å². The van der Waals surface area contributed by atoms with Crippen LogP contribution in [0.25, 0.3) is 65.3 Å². The summed E-state index contributed by atoms with van der Waals surface area (Å²) in [6.07, 6.45) is 0. The second-order valence-corrected chi connectivity index (χ2v) is 15.8. The van der Waals surface area contributed by atoms with Gasteiger partial charge in [0, 0.05) is 44.3 Å². The number of rotatable bonds is 8. The van der Waals surface area contributed by atoms with Crippen LogP contribution < -0.4 is 9.80 Å². The number of aryl methyl sites for hydroxylation is 2. The number of fused-ring (bicyclic) bond motifs is 3. The van der Waals surface area contributed by atoms with Crippen LogP contribution >= 0.6 is 0 Å². The molecule has 2 nitrogen and oxygen atoms in total. The van der Waals surface area contributed by atoms with Gasteiger partial charge in [-0.1, -0.05) is 158 Å². The van der Waals surface area contributed by atoms with Crippen LogP contribution in [0.1, 0.15) is 11.1 Å². The van der Waals surface area contributed by atoms with Gasteiger partial charge in [-0.25, -0.2) is 0 Å². The number of para-hydroxylation sites is 2. The van der Waals surface area contributed by atoms with Gasteiger partial charge in [0.25, 0.3) is 0 Å². The Morgan fingerprint density at radius 2 is 0.617 bits per heavy atom. The molecule has 0 heterocycles. The summed E-state index contributed by atoms with van der Waals surface area (Å²) in [7, 11) is 0. The molecule has 0 fully saturated rings. The molecule has 0 saturated carbocycles. The van der Waals surface area contributed by atoms with E-state index in [1.807, 2.05) is 0 Å². The number of anilines is 6. The fourth-order valence-corrected chi connectivity index (χ4v) is 9.48. The molecule has 11 aromatic carbocycles. The molecule has 0 N–H and O–H groups in total. The van der Waals surface area contributed by atoms with Crippen LogP contribution in [0.3, 0.4) is 0 Å². The summed E-state index contributed by atoms with van der Waals surface area (Å²) in [5.74, 6) is 0. The summed E-state index contributed by atoms with van der Waals surface area (Å²) in [4.78, 5) is 4.90. The van der Waals surface area contributed by atoms with Crippen molar-refractivity contribution in [2.24, 2.45) is 0 Å². The van der Waals surface area contributed by atoms with Crippen LogP contribution in [0.2, 0.25) is 0 Å². The van der Waals surface area contributed by atoms with Crippen LogP contribution in [-0.4, -0.2) is 0 Å². The van der Waals surface area contributed by atoms with Crippen molar-refractivity contribution in [2.45, 2.75) is 13.8 Å². The van der Waals surface area contributed by atoms with E-state index < -0.39 is 0 Å². The molecule has 0 bridgehead atoms. The molecule has 0 spiro atoms. The number of hydrogen-bond acceptors (Lipinski definition) is 2. The Morgan fingerprint density at radius 1 is 0.250 bits per heavy atom. The third-order valence-corrected chi connectivity index (χ3v) is 12.2. The van der Waals surface area contributed by atoms with Crippen LogP contribution in [0.4, 0.5) is 34.1 Å². The van der Waals surface area contributed by atoms with Crippen molar-refractivity contribution in [1.82, 2.24) is 0 Å². The van der Waals surface area contributed by atoms with Crippen molar-refractivity contribution in [3.05, 3.63) is 230 Å². The first-order valence-electron chi connectivity index (χ1n) is 20.8. The molecule has 284 valence electrons. The van der Waals surface area contributed by atoms with Crippen molar-refractivity contribution in [2.75, 3.05) is 9.80 Å². The average Bonchev–Trinajstić information content (AvgIpc) is 3.31. The van der Waals surface area contributed by atoms with Gasteiger partial charge in [-0.15, -0.1) is 0 Å². The van der Waals surface area contributed by atoms with Crippen molar-refractivity contribution in [1.29, 1.82) is 0 Å². The number of nitrogens with zero attached hydrogens (tertiary/aromatic N) is 2. The van der Waals surface area contributed by atoms with E-state index in [0.29, 0.717) is 0 Å². The van der Waals surface area contributed by atoms with Crippen molar-refractivity contribution in [3.63, 3.8) is 0 Å². The third kappa shape index (κ3) is 5.88. The molecule has 60 heavy (non-hydrogen) atoms. The van der Waals surface area contributed by atoms with Gasteiger partial charge in [0.1, 0.15) is 0 Å². The summed E-state index contributed by atoms with van der Waals surface area (Å²) >= 11 is 0. The maximum Gasteiger partial charge on any atom is 0.0549 e. The van der Waals surface area contributed by atoms with Crippen molar-refractivity contribution >= 4 is 77.2 Å². The van der Waals surface area contributed by atoms with Gasteiger partial charge >= 0.3 is 0 Å². The fraction of sp³-hybridized carbons (Fsp3) is 0.0345. The second kappa shape index (κ2) is 14.6. The zero-order valence-corrected chi connectivity index (χ0v) is 33.7. The van der Waals surface area contributed by atoms with E-state index in [1.54, 1.807) is 0 Å². The van der Waals surface area contributed by atoms with Crippen LogP contribution in [-0.2, 0) is 0 Å². The minimum atomic E-state index is 1.12. The Bertz CT molecular complexity index is 3290. The van der Waals surface area contributed by atoms with E-state index in [1.165, 1.54) is 82.2 Å². The lowest BCUT2D eigenvalue weighted by Gasteiger charge is -2.31. The average molecular weight is 767 g/mol. The van der Waals surface area contributed by atoms with E-state index in [2.05, 4.69) is 242 Å². The maximum atomic E-state index is 2.46. The van der Waals surface area contributed by atoms with Gasteiger partial charge in [0.2, 0.25) is 0 Å². The Labute approximate surface area is 351 Å². The zero-order valence-electron chi connectivity index (χ0n) is 33.7. The summed E-state index contributed by atoms with van der Waals surface area (Å²) in [5.41, 5.74) is 14.1. The molecule has 2 heteroatoms. The number of hydrogen-bond donors (Lipinski definition) is 0. The molecule has 0 aliphatic rings. The lowest BCUT2D eigenvalue weighted by molar-refractivity contribution is 1.29. The maximum absolute atomic E-state index is 2.46. The topological polar surface area (TPSA) is 6.48 Å². The van der Waals surface area contributed by atoms with E-state index >= 15 is 0 Å². The van der Waals surface area contributed by atoms with Gasteiger partial charge in [0.05, 0.1) is 11.4 Å². The summed E-state index contributed by atoms with van der Waals surface area (Å²) in [6.45, 7) is 4.57. The Kier molecular flexibility index (Phi) is 8.64. The number of benzene rings is 11. The lowest BCUT2D eigenvalue weighted by atomic mass is 9.84. The molecular weight excluding hydrogens is 725 g/mol. The molecule has 0 aliphatic heterocycles. The summed E-state index contributed by atoms with van der Waals surface area (Å²) in [6, 6.07) is 79.5. The predicted octanol–water partition coefficient (Wildman–Crippen LogP) is 16.6. The molecule has 0 unspecified atom stereocenters. The molecule has 0 aliphatic carbocycles. The molecule has 11 aromatic rings. The van der Waals surface area contributed by atoms with Crippen LogP contribution in [0.5, 0.6) is 0 Å². The zero-order chi connectivity index (χ0) is 40.2. The Morgan fingerprint density at radius 3 is 1.13 bits per heavy atom. The molecular formula is C58H42N2. The molecule has 0 radical (unpaired) electrons. The van der Waals surface area contributed by atoms with Gasteiger partial charge in [-0.05, 0) is 129 Å². The first-order chi connectivity index (χ1) is 29.6. The molecule has 0 amide bonds. The van der Waals surface area contributed by atoms with E-state index in [9.17, 15) is 0 Å². The fourth-order valence-electron chi connectivity index (χ4n) is 9.48. The molecule has 0 atom stereocenters. The third-order valence-electron chi connectivity index (χ3n) is 12.2. The SMILES string of the molecule is Cc1cc(N(c2ccccc2)c2ccc(-c3ccccc3)cc2)c2c3ccccc3c3c(C)cc(N(c4ccccc4)c4ccc(-c5ccccc5)cc4)c4ccc1c2c43. The van der Waals surface area contributed by atoms with Gasteiger partial charge in [-0.2, -0.15) is 0 Å².